The fraction of sp³-hybridized carbons (Fsp3) is 0.364. The second-order valence-corrected chi connectivity index (χ2v) is 8.19. The largest absolute Gasteiger partial charge is 0.415 e. The summed E-state index contributed by atoms with van der Waals surface area (Å²) in [7, 11) is 0. The van der Waals surface area contributed by atoms with Gasteiger partial charge in [-0.25, -0.2) is 0 Å². The third kappa shape index (κ3) is 4.43. The van der Waals surface area contributed by atoms with E-state index in [0.717, 1.165) is 38.3 Å². The summed E-state index contributed by atoms with van der Waals surface area (Å²) in [6, 6.07) is 16.6. The SMILES string of the molecule is Cc1cccc(C[NH+]2CC[NH+]([C@H](C)c3nnc(-c4cccc(Cl)c4)o3)CC2)c1. The van der Waals surface area contributed by atoms with E-state index in [1.54, 1.807) is 4.90 Å². The molecule has 1 saturated heterocycles. The normalized spacial score (nSPS) is 20.8. The number of benzene rings is 2. The van der Waals surface area contributed by atoms with E-state index in [4.69, 9.17) is 16.0 Å². The number of halogens is 1. The zero-order chi connectivity index (χ0) is 19.5. The molecule has 28 heavy (non-hydrogen) atoms. The minimum Gasteiger partial charge on any atom is -0.415 e. The average Bonchev–Trinajstić information content (AvgIpc) is 3.18. The van der Waals surface area contributed by atoms with Crippen molar-refractivity contribution in [1.82, 2.24) is 10.2 Å². The maximum Gasteiger partial charge on any atom is 0.274 e. The molecule has 1 fully saturated rings. The second kappa shape index (κ2) is 8.43. The van der Waals surface area contributed by atoms with Crippen molar-refractivity contribution in [1.29, 1.82) is 0 Å². The number of nitrogens with zero attached hydrogens (tertiary/aromatic N) is 2. The molecular weight excluding hydrogens is 372 g/mol. The van der Waals surface area contributed by atoms with Crippen LogP contribution in [0.4, 0.5) is 0 Å². The quantitative estimate of drug-likeness (QED) is 0.688. The van der Waals surface area contributed by atoms with Crippen LogP contribution >= 0.6 is 11.6 Å². The van der Waals surface area contributed by atoms with Crippen molar-refractivity contribution in [3.05, 3.63) is 70.6 Å². The van der Waals surface area contributed by atoms with Crippen molar-refractivity contribution in [2.24, 2.45) is 0 Å². The Morgan fingerprint density at radius 1 is 1.04 bits per heavy atom. The number of quaternary nitrogens is 2. The molecule has 4 rings (SSSR count). The van der Waals surface area contributed by atoms with Crippen LogP contribution in [-0.4, -0.2) is 36.4 Å². The van der Waals surface area contributed by atoms with E-state index in [0.29, 0.717) is 16.8 Å². The Balaban J connectivity index is 1.36. The molecule has 0 bridgehead atoms. The van der Waals surface area contributed by atoms with Crippen molar-refractivity contribution < 1.29 is 14.2 Å². The molecule has 0 saturated carbocycles. The highest BCUT2D eigenvalue weighted by Crippen LogP contribution is 2.22. The van der Waals surface area contributed by atoms with Crippen LogP contribution in [0.3, 0.4) is 0 Å². The van der Waals surface area contributed by atoms with Crippen molar-refractivity contribution in [3.8, 4) is 11.5 Å². The Morgan fingerprint density at radius 3 is 2.57 bits per heavy atom. The molecule has 2 aromatic carbocycles. The first kappa shape index (κ1) is 19.1. The molecule has 146 valence electrons. The van der Waals surface area contributed by atoms with Crippen LogP contribution in [0.5, 0.6) is 0 Å². The summed E-state index contributed by atoms with van der Waals surface area (Å²) in [6.07, 6.45) is 0. The summed E-state index contributed by atoms with van der Waals surface area (Å²) in [6.45, 7) is 9.96. The molecule has 1 aliphatic heterocycles. The first-order chi connectivity index (χ1) is 13.6. The van der Waals surface area contributed by atoms with Crippen LogP contribution in [0.2, 0.25) is 5.02 Å². The lowest BCUT2D eigenvalue weighted by atomic mass is 10.1. The highest BCUT2D eigenvalue weighted by Gasteiger charge is 2.31. The van der Waals surface area contributed by atoms with Crippen LogP contribution in [-0.2, 0) is 6.54 Å². The number of piperazine rings is 1. The van der Waals surface area contributed by atoms with Gasteiger partial charge in [-0.05, 0) is 32.0 Å². The number of rotatable bonds is 5. The molecule has 0 amide bonds. The predicted octanol–water partition coefficient (Wildman–Crippen LogP) is 1.74. The molecule has 1 aromatic heterocycles. The molecule has 6 heteroatoms. The van der Waals surface area contributed by atoms with Crippen LogP contribution in [0, 0.1) is 6.92 Å². The number of aryl methyl sites for hydroxylation is 1. The first-order valence-corrected chi connectivity index (χ1v) is 10.3. The zero-order valence-electron chi connectivity index (χ0n) is 16.4. The van der Waals surface area contributed by atoms with Crippen LogP contribution in [0.25, 0.3) is 11.5 Å². The van der Waals surface area contributed by atoms with Gasteiger partial charge in [0.05, 0.1) is 0 Å². The Morgan fingerprint density at radius 2 is 1.82 bits per heavy atom. The standard InChI is InChI=1S/C22H25ClN4O/c1-16-5-3-6-18(13-16)15-26-9-11-27(12-10-26)17(2)21-24-25-22(28-21)19-7-4-8-20(23)14-19/h3-8,13-14,17H,9-12,15H2,1-2H3/p+2/t17-/m1/s1. The lowest BCUT2D eigenvalue weighted by Gasteiger charge is -2.32. The molecule has 0 radical (unpaired) electrons. The molecule has 1 aliphatic rings. The molecule has 0 aliphatic carbocycles. The second-order valence-electron chi connectivity index (χ2n) is 7.75. The van der Waals surface area contributed by atoms with Gasteiger partial charge < -0.3 is 14.2 Å². The summed E-state index contributed by atoms with van der Waals surface area (Å²) < 4.78 is 5.97. The maximum atomic E-state index is 6.07. The van der Waals surface area contributed by atoms with Gasteiger partial charge in [-0.3, -0.25) is 0 Å². The van der Waals surface area contributed by atoms with Gasteiger partial charge in [0.25, 0.3) is 5.89 Å². The highest BCUT2D eigenvalue weighted by molar-refractivity contribution is 6.30. The fourth-order valence-corrected chi connectivity index (χ4v) is 4.16. The predicted molar refractivity (Wildman–Crippen MR) is 109 cm³/mol. The van der Waals surface area contributed by atoms with Crippen molar-refractivity contribution in [2.75, 3.05) is 26.2 Å². The minimum atomic E-state index is 0.195. The summed E-state index contributed by atoms with van der Waals surface area (Å²) in [5.74, 6) is 1.24. The summed E-state index contributed by atoms with van der Waals surface area (Å²) >= 11 is 6.07. The van der Waals surface area contributed by atoms with Crippen molar-refractivity contribution in [2.45, 2.75) is 26.4 Å². The van der Waals surface area contributed by atoms with Gasteiger partial charge in [0.2, 0.25) is 5.89 Å². The van der Waals surface area contributed by atoms with Crippen LogP contribution < -0.4 is 9.80 Å². The molecule has 5 nitrogen and oxygen atoms in total. The Hall–Kier alpha value is -2.21. The third-order valence-electron chi connectivity index (χ3n) is 5.63. The molecule has 0 spiro atoms. The number of hydrogen-bond acceptors (Lipinski definition) is 3. The van der Waals surface area contributed by atoms with Crippen LogP contribution in [0.1, 0.15) is 30.0 Å². The molecule has 0 unspecified atom stereocenters. The molecule has 1 atom stereocenters. The third-order valence-corrected chi connectivity index (χ3v) is 5.87. The fourth-order valence-electron chi connectivity index (χ4n) is 3.97. The van der Waals surface area contributed by atoms with Gasteiger partial charge in [0.15, 0.2) is 6.04 Å². The van der Waals surface area contributed by atoms with E-state index < -0.39 is 0 Å². The first-order valence-electron chi connectivity index (χ1n) is 9.91. The Labute approximate surface area is 170 Å². The lowest BCUT2D eigenvalue weighted by Crippen LogP contribution is -3.27. The highest BCUT2D eigenvalue weighted by atomic mass is 35.5. The smallest absolute Gasteiger partial charge is 0.274 e. The topological polar surface area (TPSA) is 47.8 Å². The average molecular weight is 399 g/mol. The number of hydrogen-bond donors (Lipinski definition) is 2. The van der Waals surface area contributed by atoms with E-state index in [1.165, 1.54) is 16.0 Å². The van der Waals surface area contributed by atoms with E-state index in [1.807, 2.05) is 24.3 Å². The van der Waals surface area contributed by atoms with Gasteiger partial charge in [-0.15, -0.1) is 10.2 Å². The molecule has 3 aromatic rings. The van der Waals surface area contributed by atoms with Crippen LogP contribution in [0.15, 0.2) is 52.9 Å². The molecule has 2 heterocycles. The molecule has 2 N–H and O–H groups in total. The van der Waals surface area contributed by atoms with Gasteiger partial charge in [-0.1, -0.05) is 47.5 Å². The van der Waals surface area contributed by atoms with E-state index >= 15 is 0 Å². The van der Waals surface area contributed by atoms with Crippen molar-refractivity contribution >= 4 is 11.6 Å². The minimum absolute atomic E-state index is 0.195. The zero-order valence-corrected chi connectivity index (χ0v) is 17.2. The van der Waals surface area contributed by atoms with E-state index in [9.17, 15) is 0 Å². The van der Waals surface area contributed by atoms with Gasteiger partial charge in [-0.2, -0.15) is 0 Å². The number of nitrogens with one attached hydrogen (secondary N) is 2. The molecular formula is C22H27ClN4O+2. The Bertz CT molecular complexity index is 934. The van der Waals surface area contributed by atoms with E-state index in [-0.39, 0.29) is 6.04 Å². The van der Waals surface area contributed by atoms with Gasteiger partial charge >= 0.3 is 0 Å². The summed E-state index contributed by atoms with van der Waals surface area (Å²) in [5.41, 5.74) is 3.62. The van der Waals surface area contributed by atoms with Crippen molar-refractivity contribution in [3.63, 3.8) is 0 Å². The maximum absolute atomic E-state index is 6.07. The van der Waals surface area contributed by atoms with Gasteiger partial charge in [0.1, 0.15) is 32.7 Å². The lowest BCUT2D eigenvalue weighted by molar-refractivity contribution is -1.03. The Kier molecular flexibility index (Phi) is 5.76. The summed E-state index contributed by atoms with van der Waals surface area (Å²) in [4.78, 5) is 3.15. The number of aromatic nitrogens is 2. The van der Waals surface area contributed by atoms with Gasteiger partial charge in [0, 0.05) is 16.1 Å². The summed E-state index contributed by atoms with van der Waals surface area (Å²) in [5, 5.41) is 9.21. The van der Waals surface area contributed by atoms with E-state index in [2.05, 4.69) is 48.3 Å². The monoisotopic (exact) mass is 398 g/mol.